The Bertz CT molecular complexity index is 903. The number of carbonyl (C=O) groups excluding carboxylic acids is 1. The van der Waals surface area contributed by atoms with Crippen molar-refractivity contribution in [3.63, 3.8) is 0 Å². The fourth-order valence-electron chi connectivity index (χ4n) is 3.70. The van der Waals surface area contributed by atoms with E-state index in [4.69, 9.17) is 18.9 Å². The van der Waals surface area contributed by atoms with Crippen molar-refractivity contribution in [1.82, 2.24) is 0 Å². The van der Waals surface area contributed by atoms with Gasteiger partial charge in [0.25, 0.3) is 0 Å². The molecule has 6 heteroatoms. The van der Waals surface area contributed by atoms with Gasteiger partial charge in [0.15, 0.2) is 11.5 Å². The Morgan fingerprint density at radius 2 is 1.80 bits per heavy atom. The van der Waals surface area contributed by atoms with E-state index in [2.05, 4.69) is 4.99 Å². The normalized spacial score (nSPS) is 22.8. The van der Waals surface area contributed by atoms with Crippen LogP contribution in [-0.4, -0.2) is 32.2 Å². The fourth-order valence-corrected chi connectivity index (χ4v) is 3.70. The molecule has 0 radical (unpaired) electrons. The Morgan fingerprint density at radius 3 is 2.56 bits per heavy atom. The van der Waals surface area contributed by atoms with Crippen LogP contribution in [0.3, 0.4) is 0 Å². The number of esters is 1. The molecule has 5 rings (SSSR count). The van der Waals surface area contributed by atoms with E-state index < -0.39 is 5.92 Å². The minimum atomic E-state index is -0.402. The van der Waals surface area contributed by atoms with Crippen molar-refractivity contribution in [3.05, 3.63) is 47.5 Å². The van der Waals surface area contributed by atoms with Crippen LogP contribution in [0.1, 0.15) is 17.0 Å². The maximum atomic E-state index is 12.4. The van der Waals surface area contributed by atoms with Crippen LogP contribution in [0.2, 0.25) is 0 Å². The molecule has 2 aromatic carbocycles. The lowest BCUT2D eigenvalue weighted by Crippen LogP contribution is -2.27. The molecule has 0 aromatic heterocycles. The summed E-state index contributed by atoms with van der Waals surface area (Å²) in [5.41, 5.74) is 3.52. The number of fused-ring (bicyclic) bond motifs is 3. The molecule has 1 fully saturated rings. The molecular weight excluding hydrogens is 322 g/mol. The van der Waals surface area contributed by atoms with Crippen LogP contribution in [0.25, 0.3) is 0 Å². The van der Waals surface area contributed by atoms with Gasteiger partial charge in [0.05, 0.1) is 18.5 Å². The summed E-state index contributed by atoms with van der Waals surface area (Å²) in [6.07, 6.45) is 0. The number of rotatable bonds is 2. The summed E-state index contributed by atoms with van der Waals surface area (Å²) < 4.78 is 21.5. The molecule has 0 aliphatic carbocycles. The fraction of sp³-hybridized carbons (Fsp3) is 0.263. The van der Waals surface area contributed by atoms with Crippen LogP contribution >= 0.6 is 0 Å². The van der Waals surface area contributed by atoms with Gasteiger partial charge in [-0.05, 0) is 29.3 Å². The third kappa shape index (κ3) is 2.10. The maximum Gasteiger partial charge on any atom is 0.316 e. The molecule has 2 aromatic rings. The van der Waals surface area contributed by atoms with E-state index in [1.165, 1.54) is 0 Å². The highest BCUT2D eigenvalue weighted by molar-refractivity contribution is 6.11. The molecular formula is C19H15NO5. The summed E-state index contributed by atoms with van der Waals surface area (Å²) in [6.45, 7) is 0.442. The average molecular weight is 337 g/mol. The van der Waals surface area contributed by atoms with Crippen LogP contribution in [0.15, 0.2) is 41.4 Å². The van der Waals surface area contributed by atoms with E-state index in [9.17, 15) is 4.79 Å². The third-order valence-electron chi connectivity index (χ3n) is 4.90. The van der Waals surface area contributed by atoms with E-state index in [-0.39, 0.29) is 25.3 Å². The molecule has 2 unspecified atom stereocenters. The first-order chi connectivity index (χ1) is 12.2. The Balaban J connectivity index is 1.69. The van der Waals surface area contributed by atoms with E-state index in [1.807, 2.05) is 36.4 Å². The van der Waals surface area contributed by atoms with Crippen molar-refractivity contribution in [1.29, 1.82) is 0 Å². The molecule has 2 atom stereocenters. The SMILES string of the molecule is COc1ccc(C2c3cc4c(cc3N=C3COC(=O)C32)OCO4)cc1. The van der Waals surface area contributed by atoms with Gasteiger partial charge in [-0.2, -0.15) is 0 Å². The topological polar surface area (TPSA) is 66.4 Å². The summed E-state index contributed by atoms with van der Waals surface area (Å²) in [4.78, 5) is 17.0. The van der Waals surface area contributed by atoms with Crippen LogP contribution < -0.4 is 14.2 Å². The lowest BCUT2D eigenvalue weighted by Gasteiger charge is -2.27. The summed E-state index contributed by atoms with van der Waals surface area (Å²) in [5.74, 6) is 1.33. The smallest absolute Gasteiger partial charge is 0.316 e. The number of methoxy groups -OCH3 is 1. The predicted octanol–water partition coefficient (Wildman–Crippen LogP) is 2.81. The summed E-state index contributed by atoms with van der Waals surface area (Å²) in [5, 5.41) is 0. The highest BCUT2D eigenvalue weighted by atomic mass is 16.7. The quantitative estimate of drug-likeness (QED) is 0.789. The Hall–Kier alpha value is -3.02. The molecule has 3 aliphatic rings. The number of carbonyl (C=O) groups is 1. The average Bonchev–Trinajstić information content (AvgIpc) is 3.24. The second-order valence-corrected chi connectivity index (χ2v) is 6.20. The Kier molecular flexibility index (Phi) is 3.00. The van der Waals surface area contributed by atoms with Crippen LogP contribution in [0, 0.1) is 5.92 Å². The van der Waals surface area contributed by atoms with Gasteiger partial charge < -0.3 is 18.9 Å². The van der Waals surface area contributed by atoms with Crippen LogP contribution in [0.5, 0.6) is 17.2 Å². The summed E-state index contributed by atoms with van der Waals surface area (Å²) in [7, 11) is 1.63. The van der Waals surface area contributed by atoms with Gasteiger partial charge in [-0.15, -0.1) is 0 Å². The van der Waals surface area contributed by atoms with Crippen molar-refractivity contribution in [2.75, 3.05) is 20.5 Å². The zero-order chi connectivity index (χ0) is 17.0. The van der Waals surface area contributed by atoms with Gasteiger partial charge in [-0.25, -0.2) is 0 Å². The minimum absolute atomic E-state index is 0.169. The first-order valence-corrected chi connectivity index (χ1v) is 8.06. The van der Waals surface area contributed by atoms with Gasteiger partial charge in [0.2, 0.25) is 6.79 Å². The number of ether oxygens (including phenoxy) is 4. The molecule has 25 heavy (non-hydrogen) atoms. The van der Waals surface area contributed by atoms with Gasteiger partial charge in [-0.3, -0.25) is 9.79 Å². The van der Waals surface area contributed by atoms with Crippen molar-refractivity contribution in [2.24, 2.45) is 10.9 Å². The van der Waals surface area contributed by atoms with E-state index >= 15 is 0 Å². The zero-order valence-electron chi connectivity index (χ0n) is 13.5. The predicted molar refractivity (Wildman–Crippen MR) is 88.9 cm³/mol. The van der Waals surface area contributed by atoms with Gasteiger partial charge in [0.1, 0.15) is 18.3 Å². The highest BCUT2D eigenvalue weighted by Gasteiger charge is 2.45. The molecule has 3 aliphatic heterocycles. The number of cyclic esters (lactones) is 1. The second-order valence-electron chi connectivity index (χ2n) is 6.20. The Morgan fingerprint density at radius 1 is 1.04 bits per heavy atom. The highest BCUT2D eigenvalue weighted by Crippen LogP contribution is 2.49. The zero-order valence-corrected chi connectivity index (χ0v) is 13.5. The van der Waals surface area contributed by atoms with E-state index in [0.29, 0.717) is 11.5 Å². The second kappa shape index (κ2) is 5.24. The number of nitrogens with zero attached hydrogens (tertiary/aromatic N) is 1. The minimum Gasteiger partial charge on any atom is -0.497 e. The molecule has 126 valence electrons. The summed E-state index contributed by atoms with van der Waals surface area (Å²) >= 11 is 0. The molecule has 3 heterocycles. The number of aliphatic imine (C=N–C) groups is 1. The molecule has 0 amide bonds. The van der Waals surface area contributed by atoms with E-state index in [0.717, 1.165) is 28.3 Å². The van der Waals surface area contributed by atoms with Crippen LogP contribution in [-0.2, 0) is 9.53 Å². The van der Waals surface area contributed by atoms with Gasteiger partial charge in [0, 0.05) is 12.0 Å². The number of hydrogen-bond acceptors (Lipinski definition) is 6. The van der Waals surface area contributed by atoms with Crippen molar-refractivity contribution in [3.8, 4) is 17.2 Å². The molecule has 1 saturated heterocycles. The monoisotopic (exact) mass is 337 g/mol. The first kappa shape index (κ1) is 14.3. The lowest BCUT2D eigenvalue weighted by atomic mass is 9.76. The third-order valence-corrected chi connectivity index (χ3v) is 4.90. The molecule has 0 N–H and O–H groups in total. The van der Waals surface area contributed by atoms with Gasteiger partial charge in [-0.1, -0.05) is 12.1 Å². The maximum absolute atomic E-state index is 12.4. The van der Waals surface area contributed by atoms with Gasteiger partial charge >= 0.3 is 5.97 Å². The molecule has 0 spiro atoms. The van der Waals surface area contributed by atoms with Crippen molar-refractivity contribution in [2.45, 2.75) is 5.92 Å². The Labute approximate surface area is 144 Å². The van der Waals surface area contributed by atoms with E-state index in [1.54, 1.807) is 7.11 Å². The summed E-state index contributed by atoms with van der Waals surface area (Å²) in [6, 6.07) is 11.6. The molecule has 0 bridgehead atoms. The van der Waals surface area contributed by atoms with Crippen LogP contribution in [0.4, 0.5) is 5.69 Å². The number of hydrogen-bond donors (Lipinski definition) is 0. The first-order valence-electron chi connectivity index (χ1n) is 8.06. The lowest BCUT2D eigenvalue weighted by molar-refractivity contribution is -0.141. The molecule has 6 nitrogen and oxygen atoms in total. The number of benzene rings is 2. The molecule has 0 saturated carbocycles. The van der Waals surface area contributed by atoms with Crippen molar-refractivity contribution < 1.29 is 23.7 Å². The largest absolute Gasteiger partial charge is 0.497 e. The van der Waals surface area contributed by atoms with Crippen molar-refractivity contribution >= 4 is 17.4 Å². The standard InChI is InChI=1S/C19H15NO5/c1-22-11-4-2-10(3-5-11)17-12-6-15-16(25-9-24-15)7-13(12)20-14-8-23-19(21)18(14)17/h2-7,17-18H,8-9H2,1H3.